The van der Waals surface area contributed by atoms with Crippen LogP contribution in [0.15, 0.2) is 16.7 Å². The maximum Gasteiger partial charge on any atom is 0.255 e. The van der Waals surface area contributed by atoms with Crippen molar-refractivity contribution in [2.45, 2.75) is 19.3 Å². The van der Waals surface area contributed by atoms with Gasteiger partial charge in [-0.15, -0.1) is 0 Å². The van der Waals surface area contributed by atoms with Gasteiger partial charge in [0.15, 0.2) is 0 Å². The number of pyridine rings is 1. The van der Waals surface area contributed by atoms with Crippen LogP contribution in [-0.2, 0) is 0 Å². The van der Waals surface area contributed by atoms with Crippen LogP contribution in [0, 0.1) is 0 Å². The molecule has 2 heterocycles. The Bertz CT molecular complexity index is 460. The number of carbonyl (C=O) groups is 1. The number of halogens is 1. The van der Waals surface area contributed by atoms with Crippen LogP contribution in [0.2, 0.25) is 0 Å². The van der Waals surface area contributed by atoms with Crippen LogP contribution in [0.3, 0.4) is 0 Å². The highest BCUT2D eigenvalue weighted by atomic mass is 79.9. The number of hydrogen-bond acceptors (Lipinski definition) is 4. The lowest BCUT2D eigenvalue weighted by Crippen LogP contribution is -2.29. The molecule has 1 saturated heterocycles. The van der Waals surface area contributed by atoms with Crippen LogP contribution in [0.4, 0.5) is 5.82 Å². The van der Waals surface area contributed by atoms with Crippen molar-refractivity contribution < 1.29 is 4.79 Å². The lowest BCUT2D eigenvalue weighted by atomic mass is 10.2. The normalized spacial score (nSPS) is 15.3. The van der Waals surface area contributed by atoms with Crippen molar-refractivity contribution in [1.82, 2.24) is 15.2 Å². The van der Waals surface area contributed by atoms with Crippen LogP contribution < -0.4 is 10.6 Å². The van der Waals surface area contributed by atoms with Crippen molar-refractivity contribution in [2.24, 2.45) is 0 Å². The number of aromatic nitrogens is 1. The molecule has 110 valence electrons. The number of hydrogen-bond donors (Lipinski definition) is 2. The molecular weight excluding hydrogens is 320 g/mol. The minimum absolute atomic E-state index is 0.0791. The smallest absolute Gasteiger partial charge is 0.255 e. The summed E-state index contributed by atoms with van der Waals surface area (Å²) in [5.74, 6) is 0.523. The molecule has 0 atom stereocenters. The summed E-state index contributed by atoms with van der Waals surface area (Å²) < 4.78 is 0.804. The molecule has 20 heavy (non-hydrogen) atoms. The molecule has 6 heteroatoms. The lowest BCUT2D eigenvalue weighted by Gasteiger charge is -2.14. The standard InChI is InChI=1S/C14H21BrN4O/c1-16-13-12(9-11(15)10-18-13)14(20)17-5-4-8-19-6-2-3-7-19/h9-10H,2-8H2,1H3,(H,16,18)(H,17,20). The summed E-state index contributed by atoms with van der Waals surface area (Å²) in [7, 11) is 1.76. The summed E-state index contributed by atoms with van der Waals surface area (Å²) in [6.07, 6.45) is 5.28. The molecule has 1 aliphatic heterocycles. The van der Waals surface area contributed by atoms with E-state index in [-0.39, 0.29) is 5.91 Å². The van der Waals surface area contributed by atoms with Crippen LogP contribution in [0.5, 0.6) is 0 Å². The summed E-state index contributed by atoms with van der Waals surface area (Å²) >= 11 is 3.34. The number of anilines is 1. The Morgan fingerprint density at radius 2 is 2.20 bits per heavy atom. The highest BCUT2D eigenvalue weighted by Gasteiger charge is 2.13. The quantitative estimate of drug-likeness (QED) is 0.778. The first-order chi connectivity index (χ1) is 9.70. The first kappa shape index (κ1) is 15.3. The molecule has 1 fully saturated rings. The molecule has 0 spiro atoms. The van der Waals surface area contributed by atoms with Crippen molar-refractivity contribution in [3.05, 3.63) is 22.3 Å². The Hall–Kier alpha value is -1.14. The summed E-state index contributed by atoms with van der Waals surface area (Å²) in [4.78, 5) is 18.8. The third kappa shape index (κ3) is 4.18. The average molecular weight is 341 g/mol. The van der Waals surface area contributed by atoms with Crippen molar-refractivity contribution in [3.63, 3.8) is 0 Å². The van der Waals surface area contributed by atoms with E-state index in [2.05, 4.69) is 36.4 Å². The fourth-order valence-corrected chi connectivity index (χ4v) is 2.75. The zero-order valence-corrected chi connectivity index (χ0v) is 13.4. The van der Waals surface area contributed by atoms with Gasteiger partial charge in [-0.2, -0.15) is 0 Å². The van der Waals surface area contributed by atoms with Gasteiger partial charge in [-0.1, -0.05) is 0 Å². The van der Waals surface area contributed by atoms with Gasteiger partial charge in [0.1, 0.15) is 5.82 Å². The Morgan fingerprint density at radius 3 is 2.90 bits per heavy atom. The van der Waals surface area contributed by atoms with E-state index < -0.39 is 0 Å². The minimum Gasteiger partial charge on any atom is -0.372 e. The Balaban J connectivity index is 1.80. The zero-order valence-electron chi connectivity index (χ0n) is 11.8. The van der Waals surface area contributed by atoms with Crippen LogP contribution in [0.25, 0.3) is 0 Å². The number of likely N-dealkylation sites (tertiary alicyclic amines) is 1. The lowest BCUT2D eigenvalue weighted by molar-refractivity contribution is 0.0952. The molecule has 1 aliphatic rings. The molecule has 0 radical (unpaired) electrons. The first-order valence-electron chi connectivity index (χ1n) is 7.04. The highest BCUT2D eigenvalue weighted by Crippen LogP contribution is 2.17. The van der Waals surface area contributed by atoms with E-state index in [9.17, 15) is 4.79 Å². The second-order valence-electron chi connectivity index (χ2n) is 4.96. The van der Waals surface area contributed by atoms with Crippen LogP contribution in [0.1, 0.15) is 29.6 Å². The van der Waals surface area contributed by atoms with Gasteiger partial charge in [0.2, 0.25) is 0 Å². The maximum atomic E-state index is 12.1. The monoisotopic (exact) mass is 340 g/mol. The predicted molar refractivity (Wildman–Crippen MR) is 84.1 cm³/mol. The van der Waals surface area contributed by atoms with Crippen molar-refractivity contribution in [1.29, 1.82) is 0 Å². The molecule has 1 amide bonds. The van der Waals surface area contributed by atoms with Crippen molar-refractivity contribution in [3.8, 4) is 0 Å². The molecule has 0 bridgehead atoms. The van der Waals surface area contributed by atoms with Gasteiger partial charge < -0.3 is 15.5 Å². The molecule has 1 aromatic rings. The first-order valence-corrected chi connectivity index (χ1v) is 7.84. The van der Waals surface area contributed by atoms with E-state index in [4.69, 9.17) is 0 Å². The fourth-order valence-electron chi connectivity index (χ4n) is 2.42. The molecule has 1 aromatic heterocycles. The van der Waals surface area contributed by atoms with E-state index in [1.165, 1.54) is 25.9 Å². The number of nitrogens with one attached hydrogen (secondary N) is 2. The second kappa shape index (κ2) is 7.59. The molecule has 0 saturated carbocycles. The Labute approximate surface area is 128 Å². The number of rotatable bonds is 6. The second-order valence-corrected chi connectivity index (χ2v) is 5.87. The van der Waals surface area contributed by atoms with Gasteiger partial charge in [-0.25, -0.2) is 4.98 Å². The molecular formula is C14H21BrN4O. The Kier molecular flexibility index (Phi) is 5.79. The summed E-state index contributed by atoms with van der Waals surface area (Å²) in [6.45, 7) is 4.17. The summed E-state index contributed by atoms with van der Waals surface area (Å²) in [5, 5.41) is 5.90. The minimum atomic E-state index is -0.0791. The van der Waals surface area contributed by atoms with E-state index in [0.29, 0.717) is 17.9 Å². The third-order valence-electron chi connectivity index (χ3n) is 3.47. The molecule has 2 N–H and O–H groups in total. The van der Waals surface area contributed by atoms with Gasteiger partial charge in [-0.05, 0) is 60.9 Å². The van der Waals surface area contributed by atoms with Crippen LogP contribution in [-0.4, -0.2) is 49.0 Å². The average Bonchev–Trinajstić information content (AvgIpc) is 2.96. The van der Waals surface area contributed by atoms with E-state index in [1.807, 2.05) is 0 Å². The summed E-state index contributed by atoms with van der Waals surface area (Å²) in [6, 6.07) is 1.79. The molecule has 0 unspecified atom stereocenters. The predicted octanol–water partition coefficient (Wildman–Crippen LogP) is 2.10. The van der Waals surface area contributed by atoms with Gasteiger partial charge >= 0.3 is 0 Å². The van der Waals surface area contributed by atoms with Crippen molar-refractivity contribution in [2.75, 3.05) is 38.5 Å². The highest BCUT2D eigenvalue weighted by molar-refractivity contribution is 9.10. The largest absolute Gasteiger partial charge is 0.372 e. The van der Waals surface area contributed by atoms with E-state index >= 15 is 0 Å². The van der Waals surface area contributed by atoms with Crippen molar-refractivity contribution >= 4 is 27.7 Å². The van der Waals surface area contributed by atoms with E-state index in [1.54, 1.807) is 19.3 Å². The topological polar surface area (TPSA) is 57.3 Å². The van der Waals surface area contributed by atoms with E-state index in [0.717, 1.165) is 17.4 Å². The van der Waals surface area contributed by atoms with Gasteiger partial charge in [0.05, 0.1) is 5.56 Å². The SMILES string of the molecule is CNc1ncc(Br)cc1C(=O)NCCCN1CCCC1. The molecule has 5 nitrogen and oxygen atoms in total. The number of carbonyl (C=O) groups excluding carboxylic acids is 1. The Morgan fingerprint density at radius 1 is 1.45 bits per heavy atom. The maximum absolute atomic E-state index is 12.1. The number of amides is 1. The number of nitrogens with zero attached hydrogens (tertiary/aromatic N) is 2. The van der Waals surface area contributed by atoms with Gasteiger partial charge in [-0.3, -0.25) is 4.79 Å². The summed E-state index contributed by atoms with van der Waals surface area (Å²) in [5.41, 5.74) is 0.572. The molecule has 0 aliphatic carbocycles. The fraction of sp³-hybridized carbons (Fsp3) is 0.571. The van der Waals surface area contributed by atoms with Gasteiger partial charge in [0.25, 0.3) is 5.91 Å². The third-order valence-corrected chi connectivity index (χ3v) is 3.90. The van der Waals surface area contributed by atoms with Gasteiger partial charge in [0, 0.05) is 24.3 Å². The molecule has 2 rings (SSSR count). The molecule has 0 aromatic carbocycles. The zero-order chi connectivity index (χ0) is 14.4. The van der Waals surface area contributed by atoms with Crippen LogP contribution >= 0.6 is 15.9 Å².